The van der Waals surface area contributed by atoms with E-state index in [0.29, 0.717) is 22.7 Å². The van der Waals surface area contributed by atoms with Gasteiger partial charge in [0, 0.05) is 17.0 Å². The minimum absolute atomic E-state index is 0.171. The summed E-state index contributed by atoms with van der Waals surface area (Å²) in [6.07, 6.45) is 0. The van der Waals surface area contributed by atoms with Crippen molar-refractivity contribution in [3.8, 4) is 23.3 Å². The van der Waals surface area contributed by atoms with Crippen LogP contribution < -0.4 is 15.2 Å². The SMILES string of the molecule is COc1cc2nc(N)nc(C#Cc3cc(C)ccc3C)c2cc1OC. The zero-order valence-electron chi connectivity index (χ0n) is 14.7. The molecule has 0 aliphatic heterocycles. The van der Waals surface area contributed by atoms with Crippen molar-refractivity contribution in [1.29, 1.82) is 0 Å². The molecule has 0 fully saturated rings. The maximum Gasteiger partial charge on any atom is 0.221 e. The number of anilines is 1. The highest BCUT2D eigenvalue weighted by atomic mass is 16.5. The number of hydrogen-bond donors (Lipinski definition) is 1. The second kappa shape index (κ2) is 6.70. The maximum atomic E-state index is 5.85. The second-order valence-electron chi connectivity index (χ2n) is 5.72. The molecule has 0 aliphatic carbocycles. The summed E-state index contributed by atoms with van der Waals surface area (Å²) in [6, 6.07) is 9.77. The third-order valence-corrected chi connectivity index (χ3v) is 3.93. The van der Waals surface area contributed by atoms with Crippen molar-refractivity contribution in [2.24, 2.45) is 0 Å². The van der Waals surface area contributed by atoms with Crippen molar-refractivity contribution in [2.75, 3.05) is 20.0 Å². The van der Waals surface area contributed by atoms with Crippen molar-refractivity contribution in [2.45, 2.75) is 13.8 Å². The quantitative estimate of drug-likeness (QED) is 0.729. The lowest BCUT2D eigenvalue weighted by atomic mass is 10.1. The Labute approximate surface area is 146 Å². The zero-order chi connectivity index (χ0) is 18.0. The number of nitrogen functional groups attached to an aromatic ring is 1. The van der Waals surface area contributed by atoms with Crippen LogP contribution in [0.1, 0.15) is 22.4 Å². The fourth-order valence-corrected chi connectivity index (χ4v) is 2.57. The predicted molar refractivity (Wildman–Crippen MR) is 99.0 cm³/mol. The summed E-state index contributed by atoms with van der Waals surface area (Å²) >= 11 is 0. The first-order chi connectivity index (χ1) is 12.0. The molecular formula is C20H19N3O2. The summed E-state index contributed by atoms with van der Waals surface area (Å²) < 4.78 is 10.7. The van der Waals surface area contributed by atoms with Crippen molar-refractivity contribution in [3.63, 3.8) is 0 Å². The van der Waals surface area contributed by atoms with Gasteiger partial charge in [-0.25, -0.2) is 9.97 Å². The third-order valence-electron chi connectivity index (χ3n) is 3.93. The molecule has 0 saturated heterocycles. The predicted octanol–water partition coefficient (Wildman–Crippen LogP) is 3.25. The van der Waals surface area contributed by atoms with E-state index >= 15 is 0 Å². The first-order valence-corrected chi connectivity index (χ1v) is 7.80. The molecule has 0 unspecified atom stereocenters. The molecule has 0 aliphatic rings. The molecule has 5 nitrogen and oxygen atoms in total. The lowest BCUT2D eigenvalue weighted by Gasteiger charge is -2.09. The molecule has 0 atom stereocenters. The summed E-state index contributed by atoms with van der Waals surface area (Å²) in [6.45, 7) is 4.07. The van der Waals surface area contributed by atoms with Crippen molar-refractivity contribution in [1.82, 2.24) is 9.97 Å². The van der Waals surface area contributed by atoms with Gasteiger partial charge in [0.2, 0.25) is 5.95 Å². The van der Waals surface area contributed by atoms with Crippen LogP contribution in [-0.4, -0.2) is 24.2 Å². The molecule has 0 amide bonds. The number of ether oxygens (including phenoxy) is 2. The van der Waals surface area contributed by atoms with Crippen LogP contribution in [0.2, 0.25) is 0 Å². The third kappa shape index (κ3) is 3.33. The molecule has 2 N–H and O–H groups in total. The Hall–Kier alpha value is -3.26. The molecule has 25 heavy (non-hydrogen) atoms. The van der Waals surface area contributed by atoms with E-state index in [1.165, 1.54) is 0 Å². The second-order valence-corrected chi connectivity index (χ2v) is 5.72. The van der Waals surface area contributed by atoms with Crippen LogP contribution >= 0.6 is 0 Å². The Morgan fingerprint density at radius 3 is 2.36 bits per heavy atom. The molecule has 5 heteroatoms. The van der Waals surface area contributed by atoms with Crippen molar-refractivity contribution >= 4 is 16.9 Å². The summed E-state index contributed by atoms with van der Waals surface area (Å²) in [5.41, 5.74) is 10.3. The number of nitrogens with two attached hydrogens (primary N) is 1. The number of nitrogens with zero attached hydrogens (tertiary/aromatic N) is 2. The van der Waals surface area contributed by atoms with E-state index in [4.69, 9.17) is 15.2 Å². The van der Waals surface area contributed by atoms with E-state index in [0.717, 1.165) is 22.1 Å². The van der Waals surface area contributed by atoms with Gasteiger partial charge in [0.15, 0.2) is 11.5 Å². The lowest BCUT2D eigenvalue weighted by Crippen LogP contribution is -2.00. The highest BCUT2D eigenvalue weighted by Crippen LogP contribution is 2.32. The zero-order valence-corrected chi connectivity index (χ0v) is 14.7. The molecular weight excluding hydrogens is 314 g/mol. The minimum Gasteiger partial charge on any atom is -0.493 e. The summed E-state index contributed by atoms with van der Waals surface area (Å²) in [5, 5.41) is 0.768. The maximum absolute atomic E-state index is 5.85. The largest absolute Gasteiger partial charge is 0.493 e. The van der Waals surface area contributed by atoms with Gasteiger partial charge in [0.05, 0.1) is 19.7 Å². The molecule has 3 aromatic rings. The minimum atomic E-state index is 0.171. The van der Waals surface area contributed by atoms with E-state index in [9.17, 15) is 0 Å². The van der Waals surface area contributed by atoms with E-state index in [1.54, 1.807) is 20.3 Å². The smallest absolute Gasteiger partial charge is 0.221 e. The molecule has 0 bridgehead atoms. The molecule has 0 spiro atoms. The normalized spacial score (nSPS) is 10.2. The van der Waals surface area contributed by atoms with Gasteiger partial charge in [0.1, 0.15) is 5.69 Å². The van der Waals surface area contributed by atoms with Gasteiger partial charge in [-0.15, -0.1) is 0 Å². The highest BCUT2D eigenvalue weighted by Gasteiger charge is 2.11. The van der Waals surface area contributed by atoms with Gasteiger partial charge in [-0.2, -0.15) is 0 Å². The molecule has 1 heterocycles. The number of benzene rings is 2. The molecule has 3 rings (SSSR count). The van der Waals surface area contributed by atoms with Gasteiger partial charge in [-0.05, 0) is 43.0 Å². The Bertz CT molecular complexity index is 1020. The number of rotatable bonds is 2. The van der Waals surface area contributed by atoms with E-state index in [-0.39, 0.29) is 5.95 Å². The standard InChI is InChI=1S/C20H19N3O2/c1-12-5-6-13(2)14(9-12)7-8-16-15-10-18(24-3)19(25-4)11-17(15)23-20(21)22-16/h5-6,9-11H,1-4H3,(H2,21,22,23). The van der Waals surface area contributed by atoms with Crippen LogP contribution in [-0.2, 0) is 0 Å². The van der Waals surface area contributed by atoms with Crippen LogP contribution in [0.3, 0.4) is 0 Å². The Morgan fingerprint density at radius 1 is 0.920 bits per heavy atom. The van der Waals surface area contributed by atoms with Crippen LogP contribution in [0.5, 0.6) is 11.5 Å². The number of methoxy groups -OCH3 is 2. The van der Waals surface area contributed by atoms with E-state index in [1.807, 2.05) is 19.9 Å². The fraction of sp³-hybridized carbons (Fsp3) is 0.200. The lowest BCUT2D eigenvalue weighted by molar-refractivity contribution is 0.356. The van der Waals surface area contributed by atoms with Gasteiger partial charge >= 0.3 is 0 Å². The highest BCUT2D eigenvalue weighted by molar-refractivity contribution is 5.87. The molecule has 2 aromatic carbocycles. The average molecular weight is 333 g/mol. The van der Waals surface area contributed by atoms with E-state index < -0.39 is 0 Å². The van der Waals surface area contributed by atoms with Crippen LogP contribution in [0.4, 0.5) is 5.95 Å². The first kappa shape index (κ1) is 16.6. The van der Waals surface area contributed by atoms with Crippen LogP contribution in [0.25, 0.3) is 10.9 Å². The molecule has 1 aromatic heterocycles. The summed E-state index contributed by atoms with van der Waals surface area (Å²) in [5.74, 6) is 7.66. The Morgan fingerprint density at radius 2 is 1.64 bits per heavy atom. The topological polar surface area (TPSA) is 70.3 Å². The number of fused-ring (bicyclic) bond motifs is 1. The fourth-order valence-electron chi connectivity index (χ4n) is 2.57. The Kier molecular flexibility index (Phi) is 4.44. The molecule has 126 valence electrons. The Balaban J connectivity index is 2.19. The van der Waals surface area contributed by atoms with Gasteiger partial charge < -0.3 is 15.2 Å². The van der Waals surface area contributed by atoms with Crippen LogP contribution in [0.15, 0.2) is 30.3 Å². The monoisotopic (exact) mass is 333 g/mol. The molecule has 0 radical (unpaired) electrons. The average Bonchev–Trinajstić information content (AvgIpc) is 2.60. The first-order valence-electron chi connectivity index (χ1n) is 7.80. The van der Waals surface area contributed by atoms with Crippen molar-refractivity contribution in [3.05, 3.63) is 52.7 Å². The number of hydrogen-bond acceptors (Lipinski definition) is 5. The molecule has 0 saturated carbocycles. The summed E-state index contributed by atoms with van der Waals surface area (Å²) in [7, 11) is 3.17. The van der Waals surface area contributed by atoms with Gasteiger partial charge in [-0.1, -0.05) is 18.1 Å². The number of aromatic nitrogens is 2. The van der Waals surface area contributed by atoms with E-state index in [2.05, 4.69) is 40.0 Å². The van der Waals surface area contributed by atoms with Crippen molar-refractivity contribution < 1.29 is 9.47 Å². The van der Waals surface area contributed by atoms with Crippen LogP contribution in [0, 0.1) is 25.7 Å². The van der Waals surface area contributed by atoms with Gasteiger partial charge in [-0.3, -0.25) is 0 Å². The number of aryl methyl sites for hydroxylation is 2. The summed E-state index contributed by atoms with van der Waals surface area (Å²) in [4.78, 5) is 8.57. The van der Waals surface area contributed by atoms with Gasteiger partial charge in [0.25, 0.3) is 0 Å².